The molecule has 4 fully saturated rings. The number of hydrogen-bond acceptors (Lipinski definition) is 6. The Hall–Kier alpha value is -1.54. The summed E-state index contributed by atoms with van der Waals surface area (Å²) in [6, 6.07) is 6.73. The minimum absolute atomic E-state index is 0.0127. The number of nitrogens with zero attached hydrogens (tertiary/aromatic N) is 1. The maximum atomic E-state index is 11.9. The van der Waals surface area contributed by atoms with E-state index in [1.807, 2.05) is 19.1 Å². The Morgan fingerprint density at radius 3 is 2.29 bits per heavy atom. The highest BCUT2D eigenvalue weighted by Crippen LogP contribution is 2.75. The molecule has 1 aromatic carbocycles. The summed E-state index contributed by atoms with van der Waals surface area (Å²) in [4.78, 5) is 10.5. The maximum Gasteiger partial charge on any atom is 0.269 e. The second kappa shape index (κ2) is 11.1. The van der Waals surface area contributed by atoms with E-state index in [-0.39, 0.29) is 50.2 Å². The third-order valence-corrected chi connectivity index (χ3v) is 13.9. The van der Waals surface area contributed by atoms with Crippen molar-refractivity contribution in [1.82, 2.24) is 5.32 Å². The smallest absolute Gasteiger partial charge is 0.269 e. The molecule has 7 heteroatoms. The van der Waals surface area contributed by atoms with E-state index in [9.17, 15) is 25.4 Å². The van der Waals surface area contributed by atoms with Crippen molar-refractivity contribution < 1.29 is 20.2 Å². The second-order valence-electron chi connectivity index (χ2n) is 16.2. The summed E-state index contributed by atoms with van der Waals surface area (Å²) in [5, 5.41) is 49.0. The molecule has 10 atom stereocenters. The van der Waals surface area contributed by atoms with Crippen LogP contribution in [0, 0.1) is 55.4 Å². The number of fused-ring (bicyclic) bond motifs is 5. The average Bonchev–Trinajstić information content (AvgIpc) is 3.31. The summed E-state index contributed by atoms with van der Waals surface area (Å²) in [5.41, 5.74) is 0.472. The molecule has 1 aromatic rings. The summed E-state index contributed by atoms with van der Waals surface area (Å²) in [6.45, 7) is 15.6. The highest BCUT2D eigenvalue weighted by Gasteiger charge is 2.71. The fourth-order valence-corrected chi connectivity index (χ4v) is 11.3. The highest BCUT2D eigenvalue weighted by atomic mass is 16.6. The van der Waals surface area contributed by atoms with E-state index in [1.54, 1.807) is 12.1 Å². The zero-order valence-corrected chi connectivity index (χ0v) is 26.9. The van der Waals surface area contributed by atoms with Gasteiger partial charge >= 0.3 is 0 Å². The molecule has 4 aliphatic carbocycles. The lowest BCUT2D eigenvalue weighted by atomic mass is 9.35. The molecule has 4 N–H and O–H groups in total. The first-order valence-corrected chi connectivity index (χ1v) is 16.6. The summed E-state index contributed by atoms with van der Waals surface area (Å²) in [7, 11) is 0. The summed E-state index contributed by atoms with van der Waals surface area (Å²) >= 11 is 0. The largest absolute Gasteiger partial charge is 0.393 e. The monoisotopic (exact) mass is 584 g/mol. The fourth-order valence-electron chi connectivity index (χ4n) is 11.3. The van der Waals surface area contributed by atoms with E-state index in [1.165, 1.54) is 0 Å². The van der Waals surface area contributed by atoms with Gasteiger partial charge in [-0.05, 0) is 135 Å². The number of non-ortho nitro benzene ring substituents is 1. The minimum Gasteiger partial charge on any atom is -0.393 e. The molecule has 3 unspecified atom stereocenters. The van der Waals surface area contributed by atoms with Gasteiger partial charge in [-0.25, -0.2) is 0 Å². The standard InChI is InChI=1S/C35H56N2O5/c1-31(2)27-13-19-33(4)28(32(27,3)17-14-29(31)39)22-26(38)30-25(12-18-34(30,33)5)35(6,40)16-7-20-36-21-15-23-8-10-24(11-9-23)37(41)42/h8-11,25-30,36,38-40H,7,12-22H2,1-6H3/t25-,26+,27?,28?,29-,30?,32-,33+,34+,35-/m0/s1. The number of hydrogen-bond donors (Lipinski definition) is 4. The number of nitrogens with one attached hydrogen (secondary N) is 1. The third kappa shape index (κ3) is 5.04. The second-order valence-corrected chi connectivity index (χ2v) is 16.2. The van der Waals surface area contributed by atoms with Gasteiger partial charge in [0.1, 0.15) is 0 Å². The molecule has 0 spiro atoms. The number of rotatable bonds is 9. The molecule has 0 radical (unpaired) electrons. The van der Waals surface area contributed by atoms with Crippen molar-refractivity contribution in [2.24, 2.45) is 45.3 Å². The number of benzene rings is 1. The van der Waals surface area contributed by atoms with Gasteiger partial charge in [0.2, 0.25) is 0 Å². The average molecular weight is 585 g/mol. The Morgan fingerprint density at radius 2 is 1.62 bits per heavy atom. The molecule has 4 aliphatic rings. The van der Waals surface area contributed by atoms with Gasteiger partial charge in [0.25, 0.3) is 5.69 Å². The summed E-state index contributed by atoms with van der Waals surface area (Å²) < 4.78 is 0. The number of nitro benzene ring substituents is 1. The van der Waals surface area contributed by atoms with Crippen molar-refractivity contribution in [3.8, 4) is 0 Å². The van der Waals surface area contributed by atoms with Crippen LogP contribution < -0.4 is 5.32 Å². The van der Waals surface area contributed by atoms with Gasteiger partial charge in [-0.2, -0.15) is 0 Å². The van der Waals surface area contributed by atoms with Gasteiger partial charge in [-0.15, -0.1) is 0 Å². The number of nitro groups is 1. The maximum absolute atomic E-state index is 11.9. The zero-order chi connectivity index (χ0) is 30.7. The predicted molar refractivity (Wildman–Crippen MR) is 166 cm³/mol. The lowest BCUT2D eigenvalue weighted by molar-refractivity contribution is -0.384. The van der Waals surface area contributed by atoms with Gasteiger partial charge in [-0.3, -0.25) is 10.1 Å². The van der Waals surface area contributed by atoms with E-state index in [0.717, 1.165) is 76.4 Å². The molecular weight excluding hydrogens is 528 g/mol. The van der Waals surface area contributed by atoms with E-state index < -0.39 is 11.7 Å². The van der Waals surface area contributed by atoms with Crippen molar-refractivity contribution in [3.05, 3.63) is 39.9 Å². The molecule has 0 amide bonds. The first-order chi connectivity index (χ1) is 19.6. The van der Waals surface area contributed by atoms with Crippen LogP contribution in [0.1, 0.15) is 105 Å². The normalized spacial score (nSPS) is 42.2. The van der Waals surface area contributed by atoms with Crippen molar-refractivity contribution in [2.75, 3.05) is 13.1 Å². The topological polar surface area (TPSA) is 116 Å². The van der Waals surface area contributed by atoms with Gasteiger partial charge in [0.05, 0.1) is 22.7 Å². The molecule has 5 rings (SSSR count). The van der Waals surface area contributed by atoms with Crippen LogP contribution in [-0.4, -0.2) is 51.1 Å². The van der Waals surface area contributed by atoms with Gasteiger partial charge in [-0.1, -0.05) is 46.8 Å². The minimum atomic E-state index is -0.829. The lowest BCUT2D eigenvalue weighted by Gasteiger charge is -2.70. The van der Waals surface area contributed by atoms with Gasteiger partial charge in [0.15, 0.2) is 0 Å². The summed E-state index contributed by atoms with van der Waals surface area (Å²) in [6.07, 6.45) is 8.71. The molecule has 0 aromatic heterocycles. The first kappa shape index (κ1) is 31.9. The van der Waals surface area contributed by atoms with Crippen molar-refractivity contribution in [2.45, 2.75) is 124 Å². The van der Waals surface area contributed by atoms with E-state index in [0.29, 0.717) is 18.3 Å². The molecule has 0 saturated heterocycles. The lowest BCUT2D eigenvalue weighted by Crippen LogP contribution is -2.66. The number of aliphatic hydroxyl groups is 3. The molecule has 0 heterocycles. The summed E-state index contributed by atoms with van der Waals surface area (Å²) in [5.74, 6) is 1.08. The Morgan fingerprint density at radius 1 is 0.952 bits per heavy atom. The van der Waals surface area contributed by atoms with E-state index in [4.69, 9.17) is 0 Å². The van der Waals surface area contributed by atoms with Crippen molar-refractivity contribution >= 4 is 5.69 Å². The van der Waals surface area contributed by atoms with Crippen molar-refractivity contribution in [3.63, 3.8) is 0 Å². The molecule has 42 heavy (non-hydrogen) atoms. The molecule has 0 bridgehead atoms. The van der Waals surface area contributed by atoms with Crippen LogP contribution in [0.2, 0.25) is 0 Å². The Bertz CT molecular complexity index is 1140. The third-order valence-electron chi connectivity index (χ3n) is 13.9. The first-order valence-electron chi connectivity index (χ1n) is 16.6. The molecule has 0 aliphatic heterocycles. The van der Waals surface area contributed by atoms with Crippen LogP contribution in [0.4, 0.5) is 5.69 Å². The van der Waals surface area contributed by atoms with E-state index in [2.05, 4.69) is 39.9 Å². The van der Waals surface area contributed by atoms with Crippen molar-refractivity contribution in [1.29, 1.82) is 0 Å². The van der Waals surface area contributed by atoms with Crippen LogP contribution in [0.5, 0.6) is 0 Å². The molecule has 236 valence electrons. The Labute approximate surface area is 253 Å². The van der Waals surface area contributed by atoms with Crippen LogP contribution in [0.15, 0.2) is 24.3 Å². The number of aliphatic hydroxyl groups excluding tert-OH is 2. The van der Waals surface area contributed by atoms with Crippen LogP contribution in [-0.2, 0) is 6.42 Å². The van der Waals surface area contributed by atoms with Crippen LogP contribution in [0.3, 0.4) is 0 Å². The SMILES string of the molecule is CC1(C)C2CC[C@]3(C)C(C[C@@H](O)C4[C@@H]([C@@](C)(O)CCCNCCc5ccc([N+](=O)[O-])cc5)CC[C@]43C)[C@@]2(C)CC[C@@H]1O. The predicted octanol–water partition coefficient (Wildman–Crippen LogP) is 6.27. The molecular formula is C35H56N2O5. The Balaban J connectivity index is 1.21. The van der Waals surface area contributed by atoms with Gasteiger partial charge in [0, 0.05) is 12.1 Å². The van der Waals surface area contributed by atoms with Crippen LogP contribution in [0.25, 0.3) is 0 Å². The van der Waals surface area contributed by atoms with Gasteiger partial charge < -0.3 is 20.6 Å². The van der Waals surface area contributed by atoms with E-state index >= 15 is 0 Å². The molecule has 7 nitrogen and oxygen atoms in total. The fraction of sp³-hybridized carbons (Fsp3) is 0.829. The molecule has 4 saturated carbocycles. The van der Waals surface area contributed by atoms with Crippen LogP contribution >= 0.6 is 0 Å². The zero-order valence-electron chi connectivity index (χ0n) is 26.9. The Kier molecular flexibility index (Phi) is 8.44. The quantitative estimate of drug-likeness (QED) is 0.154. The highest BCUT2D eigenvalue weighted by molar-refractivity contribution is 5.33.